The van der Waals surface area contributed by atoms with Gasteiger partial charge in [0.1, 0.15) is 0 Å². The molecule has 4 nitrogen and oxygen atoms in total. The quantitative estimate of drug-likeness (QED) is 0.775. The minimum absolute atomic E-state index is 0.208. The third-order valence-corrected chi connectivity index (χ3v) is 4.70. The third-order valence-electron chi connectivity index (χ3n) is 4.70. The van der Waals surface area contributed by atoms with E-state index >= 15 is 0 Å². The van der Waals surface area contributed by atoms with Crippen molar-refractivity contribution >= 4 is 5.91 Å². The Labute approximate surface area is 110 Å². The van der Waals surface area contributed by atoms with Gasteiger partial charge in [-0.2, -0.15) is 0 Å². The summed E-state index contributed by atoms with van der Waals surface area (Å²) in [4.78, 5) is 14.6. The van der Waals surface area contributed by atoms with E-state index in [0.29, 0.717) is 18.1 Å². The van der Waals surface area contributed by atoms with Crippen molar-refractivity contribution in [2.45, 2.75) is 63.6 Å². The first kappa shape index (κ1) is 13.8. The van der Waals surface area contributed by atoms with E-state index in [9.17, 15) is 4.79 Å². The summed E-state index contributed by atoms with van der Waals surface area (Å²) in [5.41, 5.74) is 5.88. The molecule has 2 fully saturated rings. The normalized spacial score (nSPS) is 38.4. The second kappa shape index (κ2) is 6.02. The maximum Gasteiger partial charge on any atom is 0.223 e. The van der Waals surface area contributed by atoms with Crippen LogP contribution in [0.15, 0.2) is 0 Å². The molecule has 2 rings (SSSR count). The van der Waals surface area contributed by atoms with Gasteiger partial charge < -0.3 is 16.0 Å². The van der Waals surface area contributed by atoms with Crippen molar-refractivity contribution < 1.29 is 4.79 Å². The summed E-state index contributed by atoms with van der Waals surface area (Å²) in [7, 11) is 2.16. The van der Waals surface area contributed by atoms with Gasteiger partial charge in [-0.25, -0.2) is 0 Å². The largest absolute Gasteiger partial charge is 0.353 e. The van der Waals surface area contributed by atoms with Crippen LogP contribution in [-0.2, 0) is 4.79 Å². The standard InChI is InChI=1S/C14H27N3O/c1-10-9-13(7-8-17(10)2)16-14(18)11-3-5-12(15)6-4-11/h10-13H,3-9,15H2,1-2H3,(H,16,18). The maximum atomic E-state index is 12.2. The van der Waals surface area contributed by atoms with Crippen molar-refractivity contribution in [3.05, 3.63) is 0 Å². The van der Waals surface area contributed by atoms with E-state index in [1.807, 2.05) is 0 Å². The van der Waals surface area contributed by atoms with Crippen LogP contribution in [0.4, 0.5) is 0 Å². The topological polar surface area (TPSA) is 58.4 Å². The number of carbonyl (C=O) groups excluding carboxylic acids is 1. The van der Waals surface area contributed by atoms with Gasteiger partial charge in [-0.15, -0.1) is 0 Å². The van der Waals surface area contributed by atoms with Crippen molar-refractivity contribution in [3.63, 3.8) is 0 Å². The second-order valence-corrected chi connectivity index (χ2v) is 6.17. The molecule has 2 atom stereocenters. The highest BCUT2D eigenvalue weighted by molar-refractivity contribution is 5.79. The molecule has 1 aliphatic heterocycles. The fourth-order valence-electron chi connectivity index (χ4n) is 3.12. The van der Waals surface area contributed by atoms with Gasteiger partial charge in [0, 0.05) is 30.6 Å². The van der Waals surface area contributed by atoms with E-state index in [-0.39, 0.29) is 11.8 Å². The predicted octanol–water partition coefficient (Wildman–Crippen LogP) is 1.10. The summed E-state index contributed by atoms with van der Waals surface area (Å²) in [6.45, 7) is 3.32. The molecule has 0 spiro atoms. The summed E-state index contributed by atoms with van der Waals surface area (Å²) in [5, 5.41) is 3.25. The number of hydrogen-bond donors (Lipinski definition) is 2. The molecule has 1 heterocycles. The number of carbonyl (C=O) groups is 1. The fraction of sp³-hybridized carbons (Fsp3) is 0.929. The number of rotatable bonds is 2. The summed E-state index contributed by atoms with van der Waals surface area (Å²) < 4.78 is 0. The lowest BCUT2D eigenvalue weighted by Crippen LogP contribution is -2.49. The van der Waals surface area contributed by atoms with Gasteiger partial charge in [-0.05, 0) is 52.5 Å². The highest BCUT2D eigenvalue weighted by Gasteiger charge is 2.28. The lowest BCUT2D eigenvalue weighted by Gasteiger charge is -2.36. The molecule has 0 aromatic carbocycles. The number of nitrogens with two attached hydrogens (primary N) is 1. The van der Waals surface area contributed by atoms with Crippen LogP contribution in [0.25, 0.3) is 0 Å². The Morgan fingerprint density at radius 1 is 1.22 bits per heavy atom. The SMILES string of the molecule is CC1CC(NC(=O)C2CCC(N)CC2)CCN1C. The molecule has 1 saturated heterocycles. The zero-order valence-electron chi connectivity index (χ0n) is 11.7. The van der Waals surface area contributed by atoms with Crippen molar-refractivity contribution in [2.75, 3.05) is 13.6 Å². The van der Waals surface area contributed by atoms with E-state index in [1.54, 1.807) is 0 Å². The Morgan fingerprint density at radius 2 is 1.89 bits per heavy atom. The van der Waals surface area contributed by atoms with Crippen LogP contribution >= 0.6 is 0 Å². The van der Waals surface area contributed by atoms with Crippen LogP contribution in [0.1, 0.15) is 45.4 Å². The molecule has 0 radical (unpaired) electrons. The van der Waals surface area contributed by atoms with Crippen molar-refractivity contribution in [1.29, 1.82) is 0 Å². The summed E-state index contributed by atoms with van der Waals surface area (Å²) in [5.74, 6) is 0.475. The minimum atomic E-state index is 0.208. The third kappa shape index (κ3) is 3.45. The zero-order chi connectivity index (χ0) is 13.1. The Hall–Kier alpha value is -0.610. The molecule has 1 saturated carbocycles. The number of nitrogens with one attached hydrogen (secondary N) is 1. The molecule has 3 N–H and O–H groups in total. The summed E-state index contributed by atoms with van der Waals surface area (Å²) in [6, 6.07) is 1.26. The molecular formula is C14H27N3O. The molecule has 2 aliphatic rings. The molecule has 104 valence electrons. The van der Waals surface area contributed by atoms with Gasteiger partial charge >= 0.3 is 0 Å². The van der Waals surface area contributed by atoms with Gasteiger partial charge in [0.25, 0.3) is 0 Å². The Bertz CT molecular complexity index is 287. The zero-order valence-corrected chi connectivity index (χ0v) is 11.7. The lowest BCUT2D eigenvalue weighted by molar-refractivity contribution is -0.127. The van der Waals surface area contributed by atoms with Crippen LogP contribution < -0.4 is 11.1 Å². The van der Waals surface area contributed by atoms with Crippen molar-refractivity contribution in [2.24, 2.45) is 11.7 Å². The monoisotopic (exact) mass is 253 g/mol. The summed E-state index contributed by atoms with van der Waals surface area (Å²) in [6.07, 6.45) is 6.10. The number of likely N-dealkylation sites (tertiary alicyclic amines) is 1. The minimum Gasteiger partial charge on any atom is -0.353 e. The van der Waals surface area contributed by atoms with Crippen LogP contribution in [0, 0.1) is 5.92 Å². The molecular weight excluding hydrogens is 226 g/mol. The molecule has 18 heavy (non-hydrogen) atoms. The molecule has 1 amide bonds. The van der Waals surface area contributed by atoms with Crippen molar-refractivity contribution in [1.82, 2.24) is 10.2 Å². The maximum absolute atomic E-state index is 12.2. The summed E-state index contributed by atoms with van der Waals surface area (Å²) >= 11 is 0. The first-order chi connectivity index (χ1) is 8.56. The van der Waals surface area contributed by atoms with E-state index in [4.69, 9.17) is 5.73 Å². The smallest absolute Gasteiger partial charge is 0.223 e. The number of piperidine rings is 1. The van der Waals surface area contributed by atoms with E-state index in [2.05, 4.69) is 24.2 Å². The van der Waals surface area contributed by atoms with Gasteiger partial charge in [0.15, 0.2) is 0 Å². The van der Waals surface area contributed by atoms with Crippen LogP contribution in [0.2, 0.25) is 0 Å². The van der Waals surface area contributed by atoms with Crippen LogP contribution in [0.3, 0.4) is 0 Å². The average Bonchev–Trinajstić information content (AvgIpc) is 2.34. The van der Waals surface area contributed by atoms with Gasteiger partial charge in [-0.3, -0.25) is 4.79 Å². The first-order valence-electron chi connectivity index (χ1n) is 7.32. The number of nitrogens with zero attached hydrogens (tertiary/aromatic N) is 1. The number of amides is 1. The average molecular weight is 253 g/mol. The van der Waals surface area contributed by atoms with E-state index < -0.39 is 0 Å². The Morgan fingerprint density at radius 3 is 2.50 bits per heavy atom. The van der Waals surface area contributed by atoms with E-state index in [1.165, 1.54) is 0 Å². The second-order valence-electron chi connectivity index (χ2n) is 6.17. The molecule has 0 aromatic rings. The van der Waals surface area contributed by atoms with Crippen LogP contribution in [-0.4, -0.2) is 42.5 Å². The Balaban J connectivity index is 1.77. The highest BCUT2D eigenvalue weighted by atomic mass is 16.1. The fourth-order valence-corrected chi connectivity index (χ4v) is 3.12. The van der Waals surface area contributed by atoms with Gasteiger partial charge in [0.05, 0.1) is 0 Å². The highest BCUT2D eigenvalue weighted by Crippen LogP contribution is 2.24. The van der Waals surface area contributed by atoms with Gasteiger partial charge in [-0.1, -0.05) is 0 Å². The number of hydrogen-bond acceptors (Lipinski definition) is 3. The van der Waals surface area contributed by atoms with E-state index in [0.717, 1.165) is 45.1 Å². The van der Waals surface area contributed by atoms with Crippen molar-refractivity contribution in [3.8, 4) is 0 Å². The lowest BCUT2D eigenvalue weighted by atomic mass is 9.85. The van der Waals surface area contributed by atoms with Crippen LogP contribution in [0.5, 0.6) is 0 Å². The molecule has 0 aromatic heterocycles. The first-order valence-corrected chi connectivity index (χ1v) is 7.32. The Kier molecular flexibility index (Phi) is 4.62. The molecule has 1 aliphatic carbocycles. The molecule has 4 heteroatoms. The predicted molar refractivity (Wildman–Crippen MR) is 73.2 cm³/mol. The van der Waals surface area contributed by atoms with Gasteiger partial charge in [0.2, 0.25) is 5.91 Å². The molecule has 0 bridgehead atoms. The molecule has 2 unspecified atom stereocenters.